The molecule has 2 N–H and O–H groups in total. The van der Waals surface area contributed by atoms with Crippen LogP contribution < -0.4 is 5.32 Å². The van der Waals surface area contributed by atoms with Crippen LogP contribution in [0.25, 0.3) is 10.8 Å². The lowest BCUT2D eigenvalue weighted by atomic mass is 9.84. The van der Waals surface area contributed by atoms with Gasteiger partial charge in [-0.1, -0.05) is 42.5 Å². The largest absolute Gasteiger partial charge is 0.481 e. The molecule has 0 saturated carbocycles. The smallest absolute Gasteiger partial charge is 0.303 e. The summed E-state index contributed by atoms with van der Waals surface area (Å²) in [6.45, 7) is 0. The van der Waals surface area contributed by atoms with E-state index in [1.165, 1.54) is 5.39 Å². The van der Waals surface area contributed by atoms with Gasteiger partial charge in [-0.2, -0.15) is 0 Å². The van der Waals surface area contributed by atoms with Gasteiger partial charge in [0.1, 0.15) is 0 Å². The lowest BCUT2D eigenvalue weighted by Crippen LogP contribution is -2.44. The molecular formula is C18H19NO3. The van der Waals surface area contributed by atoms with E-state index in [4.69, 9.17) is 5.11 Å². The zero-order valence-electron chi connectivity index (χ0n) is 12.3. The molecule has 114 valence electrons. The Morgan fingerprint density at radius 3 is 2.64 bits per heavy atom. The Morgan fingerprint density at radius 1 is 1.18 bits per heavy atom. The molecule has 0 aromatic heterocycles. The first-order valence-electron chi connectivity index (χ1n) is 7.57. The fraction of sp³-hybridized carbons (Fsp3) is 0.333. The first kappa shape index (κ1) is 14.6. The summed E-state index contributed by atoms with van der Waals surface area (Å²) in [5.74, 6) is -0.801. The number of fused-ring (bicyclic) bond motifs is 1. The van der Waals surface area contributed by atoms with Crippen LogP contribution in [0.15, 0.2) is 42.5 Å². The van der Waals surface area contributed by atoms with Crippen molar-refractivity contribution in [3.05, 3.63) is 48.0 Å². The summed E-state index contributed by atoms with van der Waals surface area (Å²) in [7, 11) is 0. The standard InChI is InChI=1S/C18H19NO3/c20-16-7-9-18(19-16,10-8-17(21)22)12-13-5-6-14-3-1-2-4-15(14)11-13/h1-6,11H,7-10,12H2,(H,19,20)(H,21,22)/t18-/m1/s1. The van der Waals surface area contributed by atoms with E-state index in [9.17, 15) is 9.59 Å². The van der Waals surface area contributed by atoms with Gasteiger partial charge < -0.3 is 10.4 Å². The molecule has 1 aliphatic rings. The lowest BCUT2D eigenvalue weighted by Gasteiger charge is -2.29. The number of rotatable bonds is 5. The van der Waals surface area contributed by atoms with Crippen LogP contribution in [0, 0.1) is 0 Å². The predicted molar refractivity (Wildman–Crippen MR) is 84.6 cm³/mol. The van der Waals surface area contributed by atoms with E-state index < -0.39 is 11.5 Å². The predicted octanol–water partition coefficient (Wildman–Crippen LogP) is 2.90. The molecule has 0 unspecified atom stereocenters. The number of hydrogen-bond donors (Lipinski definition) is 2. The van der Waals surface area contributed by atoms with Crippen molar-refractivity contribution >= 4 is 22.6 Å². The molecule has 1 saturated heterocycles. The van der Waals surface area contributed by atoms with Crippen molar-refractivity contribution in [2.45, 2.75) is 37.6 Å². The molecule has 0 radical (unpaired) electrons. The summed E-state index contributed by atoms with van der Waals surface area (Å²) < 4.78 is 0. The van der Waals surface area contributed by atoms with Crippen LogP contribution in [0.4, 0.5) is 0 Å². The summed E-state index contributed by atoms with van der Waals surface area (Å²) in [5, 5.41) is 14.3. The Bertz CT molecular complexity index is 725. The zero-order chi connectivity index (χ0) is 15.6. The highest BCUT2D eigenvalue weighted by atomic mass is 16.4. The second kappa shape index (κ2) is 5.79. The molecular weight excluding hydrogens is 278 g/mol. The molecule has 0 spiro atoms. The number of carboxylic acid groups (broad SMARTS) is 1. The summed E-state index contributed by atoms with van der Waals surface area (Å²) in [5.41, 5.74) is 0.712. The minimum absolute atomic E-state index is 0.0196. The Labute approximate surface area is 129 Å². The van der Waals surface area contributed by atoms with Crippen molar-refractivity contribution in [1.29, 1.82) is 0 Å². The van der Waals surface area contributed by atoms with E-state index in [2.05, 4.69) is 35.6 Å². The molecule has 22 heavy (non-hydrogen) atoms. The fourth-order valence-corrected chi connectivity index (χ4v) is 3.27. The highest BCUT2D eigenvalue weighted by molar-refractivity contribution is 5.83. The van der Waals surface area contributed by atoms with Gasteiger partial charge in [-0.05, 0) is 35.6 Å². The van der Waals surface area contributed by atoms with Gasteiger partial charge in [0, 0.05) is 18.4 Å². The number of benzene rings is 2. The highest BCUT2D eigenvalue weighted by Crippen LogP contribution is 2.30. The topological polar surface area (TPSA) is 66.4 Å². The first-order valence-corrected chi connectivity index (χ1v) is 7.57. The van der Waals surface area contributed by atoms with E-state index in [0.717, 1.165) is 10.9 Å². The SMILES string of the molecule is O=C(O)CC[C@@]1(Cc2ccc3ccccc3c2)CCC(=O)N1. The van der Waals surface area contributed by atoms with Crippen LogP contribution >= 0.6 is 0 Å². The van der Waals surface area contributed by atoms with Crippen molar-refractivity contribution in [3.8, 4) is 0 Å². The number of hydrogen-bond acceptors (Lipinski definition) is 2. The number of carboxylic acids is 1. The summed E-state index contributed by atoms with van der Waals surface area (Å²) in [4.78, 5) is 22.5. The molecule has 0 bridgehead atoms. The molecule has 1 heterocycles. The van der Waals surface area contributed by atoms with Crippen LogP contribution in [-0.4, -0.2) is 22.5 Å². The maximum absolute atomic E-state index is 11.6. The van der Waals surface area contributed by atoms with Crippen LogP contribution in [0.2, 0.25) is 0 Å². The average molecular weight is 297 g/mol. The van der Waals surface area contributed by atoms with Gasteiger partial charge in [-0.15, -0.1) is 0 Å². The van der Waals surface area contributed by atoms with Gasteiger partial charge >= 0.3 is 5.97 Å². The number of carbonyl (C=O) groups is 2. The average Bonchev–Trinajstić information content (AvgIpc) is 2.87. The molecule has 1 atom stereocenters. The quantitative estimate of drug-likeness (QED) is 0.891. The van der Waals surface area contributed by atoms with Gasteiger partial charge in [0.25, 0.3) is 0 Å². The third-order valence-corrected chi connectivity index (χ3v) is 4.41. The molecule has 4 nitrogen and oxygen atoms in total. The Kier molecular flexibility index (Phi) is 3.84. The van der Waals surface area contributed by atoms with Crippen LogP contribution in [0.5, 0.6) is 0 Å². The Hall–Kier alpha value is -2.36. The van der Waals surface area contributed by atoms with Gasteiger partial charge in [0.15, 0.2) is 0 Å². The fourth-order valence-electron chi connectivity index (χ4n) is 3.27. The lowest BCUT2D eigenvalue weighted by molar-refractivity contribution is -0.137. The van der Waals surface area contributed by atoms with E-state index in [0.29, 0.717) is 25.7 Å². The second-order valence-corrected chi connectivity index (χ2v) is 6.08. The van der Waals surface area contributed by atoms with Crippen molar-refractivity contribution in [1.82, 2.24) is 5.32 Å². The van der Waals surface area contributed by atoms with Crippen molar-refractivity contribution in [2.75, 3.05) is 0 Å². The maximum atomic E-state index is 11.6. The molecule has 2 aromatic rings. The summed E-state index contributed by atoms with van der Waals surface area (Å²) >= 11 is 0. The third kappa shape index (κ3) is 3.11. The highest BCUT2D eigenvalue weighted by Gasteiger charge is 2.37. The van der Waals surface area contributed by atoms with Crippen molar-refractivity contribution in [2.24, 2.45) is 0 Å². The van der Waals surface area contributed by atoms with E-state index in [1.54, 1.807) is 0 Å². The van der Waals surface area contributed by atoms with Crippen molar-refractivity contribution in [3.63, 3.8) is 0 Å². The van der Waals surface area contributed by atoms with E-state index >= 15 is 0 Å². The van der Waals surface area contributed by atoms with Gasteiger partial charge in [0.05, 0.1) is 0 Å². The normalized spacial score (nSPS) is 21.0. The molecule has 2 aromatic carbocycles. The Balaban J connectivity index is 1.85. The second-order valence-electron chi connectivity index (χ2n) is 6.08. The minimum atomic E-state index is -0.820. The Morgan fingerprint density at radius 2 is 1.95 bits per heavy atom. The number of amides is 1. The maximum Gasteiger partial charge on any atom is 0.303 e. The van der Waals surface area contributed by atoms with E-state index in [-0.39, 0.29) is 12.3 Å². The first-order chi connectivity index (χ1) is 10.6. The number of aliphatic carboxylic acids is 1. The van der Waals surface area contributed by atoms with Gasteiger partial charge in [-0.3, -0.25) is 9.59 Å². The van der Waals surface area contributed by atoms with Crippen LogP contribution in [0.1, 0.15) is 31.2 Å². The number of nitrogens with one attached hydrogen (secondary N) is 1. The minimum Gasteiger partial charge on any atom is -0.481 e. The van der Waals surface area contributed by atoms with Gasteiger partial charge in [-0.25, -0.2) is 0 Å². The monoisotopic (exact) mass is 297 g/mol. The summed E-state index contributed by atoms with van der Waals surface area (Å²) in [6, 6.07) is 14.4. The molecule has 1 amide bonds. The van der Waals surface area contributed by atoms with Crippen LogP contribution in [-0.2, 0) is 16.0 Å². The van der Waals surface area contributed by atoms with Gasteiger partial charge in [0.2, 0.25) is 5.91 Å². The molecule has 0 aliphatic carbocycles. The van der Waals surface area contributed by atoms with Crippen molar-refractivity contribution < 1.29 is 14.7 Å². The van der Waals surface area contributed by atoms with Crippen LogP contribution in [0.3, 0.4) is 0 Å². The molecule has 1 fully saturated rings. The van der Waals surface area contributed by atoms with E-state index in [1.807, 2.05) is 12.1 Å². The molecule has 1 aliphatic heterocycles. The molecule has 3 rings (SSSR count). The summed E-state index contributed by atoms with van der Waals surface area (Å²) in [6.07, 6.45) is 2.41. The zero-order valence-corrected chi connectivity index (χ0v) is 12.3. The number of carbonyl (C=O) groups excluding carboxylic acids is 1. The third-order valence-electron chi connectivity index (χ3n) is 4.41. The molecule has 4 heteroatoms.